The molecule has 0 unspecified atom stereocenters. The summed E-state index contributed by atoms with van der Waals surface area (Å²) in [5.74, 6) is 0.829. The van der Waals surface area contributed by atoms with E-state index in [9.17, 15) is 0 Å². The van der Waals surface area contributed by atoms with Crippen LogP contribution in [0.5, 0.6) is 0 Å². The number of hydrogen-bond donors (Lipinski definition) is 1. The lowest BCUT2D eigenvalue weighted by molar-refractivity contribution is 0.420. The second-order valence-corrected chi connectivity index (χ2v) is 3.29. The van der Waals surface area contributed by atoms with Crippen LogP contribution < -0.4 is 5.73 Å². The predicted molar refractivity (Wildman–Crippen MR) is 47.4 cm³/mol. The summed E-state index contributed by atoms with van der Waals surface area (Å²) < 4.78 is 0. The second kappa shape index (κ2) is 2.57. The molecule has 0 bridgehead atoms. The van der Waals surface area contributed by atoms with Crippen molar-refractivity contribution in [2.45, 2.75) is 25.2 Å². The van der Waals surface area contributed by atoms with Gasteiger partial charge in [0, 0.05) is 5.69 Å². The van der Waals surface area contributed by atoms with E-state index >= 15 is 0 Å². The highest BCUT2D eigenvalue weighted by atomic mass is 14.5. The van der Waals surface area contributed by atoms with Gasteiger partial charge in [-0.1, -0.05) is 18.6 Å². The molecule has 1 nitrogen and oxygen atoms in total. The Morgan fingerprint density at radius 3 is 2.18 bits per heavy atom. The molecule has 1 aliphatic rings. The molecule has 0 saturated heterocycles. The van der Waals surface area contributed by atoms with Gasteiger partial charge in [-0.05, 0) is 36.5 Å². The molecule has 0 spiro atoms. The Morgan fingerprint density at radius 1 is 1.09 bits per heavy atom. The maximum Gasteiger partial charge on any atom is 0.0314 e. The summed E-state index contributed by atoms with van der Waals surface area (Å²) in [7, 11) is 0. The van der Waals surface area contributed by atoms with Crippen molar-refractivity contribution >= 4 is 5.69 Å². The zero-order chi connectivity index (χ0) is 7.68. The molecule has 0 aliphatic heterocycles. The molecule has 1 heteroatoms. The van der Waals surface area contributed by atoms with E-state index in [1.807, 2.05) is 12.1 Å². The average Bonchev–Trinajstić information content (AvgIpc) is 1.90. The van der Waals surface area contributed by atoms with Crippen LogP contribution in [0.4, 0.5) is 5.69 Å². The van der Waals surface area contributed by atoms with Crippen LogP contribution in [0.3, 0.4) is 0 Å². The van der Waals surface area contributed by atoms with Gasteiger partial charge in [-0.25, -0.2) is 0 Å². The van der Waals surface area contributed by atoms with E-state index in [2.05, 4.69) is 12.1 Å². The molecule has 0 atom stereocenters. The monoisotopic (exact) mass is 147 g/mol. The van der Waals surface area contributed by atoms with Crippen LogP contribution in [-0.4, -0.2) is 0 Å². The van der Waals surface area contributed by atoms with Crippen molar-refractivity contribution < 1.29 is 0 Å². The average molecular weight is 147 g/mol. The number of rotatable bonds is 1. The molecule has 1 fully saturated rings. The summed E-state index contributed by atoms with van der Waals surface area (Å²) in [5, 5.41) is 0. The molecule has 11 heavy (non-hydrogen) atoms. The Hall–Kier alpha value is -0.980. The highest BCUT2D eigenvalue weighted by Gasteiger charge is 2.18. The molecule has 1 aromatic rings. The topological polar surface area (TPSA) is 26.0 Å². The molecule has 1 saturated carbocycles. The van der Waals surface area contributed by atoms with E-state index in [0.29, 0.717) is 0 Å². The van der Waals surface area contributed by atoms with Crippen LogP contribution in [0, 0.1) is 0 Å². The highest BCUT2D eigenvalue weighted by molar-refractivity contribution is 5.40. The van der Waals surface area contributed by atoms with E-state index in [1.54, 1.807) is 0 Å². The first-order chi connectivity index (χ1) is 5.36. The van der Waals surface area contributed by atoms with E-state index in [0.717, 1.165) is 11.6 Å². The Morgan fingerprint density at radius 2 is 1.73 bits per heavy atom. The SMILES string of the molecule is Nc1ccc(C2CCC2)cc1. The maximum absolute atomic E-state index is 5.59. The largest absolute Gasteiger partial charge is 0.399 e. The number of nitrogens with two attached hydrogens (primary N) is 1. The van der Waals surface area contributed by atoms with Gasteiger partial charge in [0.05, 0.1) is 0 Å². The molecular weight excluding hydrogens is 134 g/mol. The van der Waals surface area contributed by atoms with Gasteiger partial charge in [0.25, 0.3) is 0 Å². The first-order valence-electron chi connectivity index (χ1n) is 4.22. The van der Waals surface area contributed by atoms with Gasteiger partial charge in [-0.3, -0.25) is 0 Å². The lowest BCUT2D eigenvalue weighted by atomic mass is 9.80. The summed E-state index contributed by atoms with van der Waals surface area (Å²) in [5.41, 5.74) is 7.92. The summed E-state index contributed by atoms with van der Waals surface area (Å²) in [4.78, 5) is 0. The first-order valence-corrected chi connectivity index (χ1v) is 4.22. The Balaban J connectivity index is 2.18. The van der Waals surface area contributed by atoms with Gasteiger partial charge < -0.3 is 5.73 Å². The van der Waals surface area contributed by atoms with Gasteiger partial charge in [0.2, 0.25) is 0 Å². The zero-order valence-electron chi connectivity index (χ0n) is 6.59. The van der Waals surface area contributed by atoms with Crippen molar-refractivity contribution in [2.75, 3.05) is 5.73 Å². The van der Waals surface area contributed by atoms with Crippen LogP contribution in [0.1, 0.15) is 30.7 Å². The van der Waals surface area contributed by atoms with Gasteiger partial charge >= 0.3 is 0 Å². The fourth-order valence-electron chi connectivity index (χ4n) is 1.51. The Kier molecular flexibility index (Phi) is 1.57. The number of nitrogen functional groups attached to an aromatic ring is 1. The lowest BCUT2D eigenvalue weighted by Gasteiger charge is -2.25. The maximum atomic E-state index is 5.59. The third-order valence-corrected chi connectivity index (χ3v) is 2.51. The van der Waals surface area contributed by atoms with Crippen molar-refractivity contribution in [3.05, 3.63) is 29.8 Å². The van der Waals surface area contributed by atoms with E-state index < -0.39 is 0 Å². The summed E-state index contributed by atoms with van der Waals surface area (Å²) >= 11 is 0. The minimum atomic E-state index is 0.829. The molecule has 1 aromatic carbocycles. The van der Waals surface area contributed by atoms with Gasteiger partial charge in [-0.2, -0.15) is 0 Å². The van der Waals surface area contributed by atoms with Crippen molar-refractivity contribution in [3.8, 4) is 0 Å². The van der Waals surface area contributed by atoms with Gasteiger partial charge in [0.15, 0.2) is 0 Å². The smallest absolute Gasteiger partial charge is 0.0314 e. The van der Waals surface area contributed by atoms with Gasteiger partial charge in [-0.15, -0.1) is 0 Å². The fourth-order valence-corrected chi connectivity index (χ4v) is 1.51. The van der Waals surface area contributed by atoms with Crippen molar-refractivity contribution in [2.24, 2.45) is 0 Å². The predicted octanol–water partition coefficient (Wildman–Crippen LogP) is 2.54. The van der Waals surface area contributed by atoms with Crippen molar-refractivity contribution in [3.63, 3.8) is 0 Å². The second-order valence-electron chi connectivity index (χ2n) is 3.29. The summed E-state index contributed by atoms with van der Waals surface area (Å²) in [6.45, 7) is 0. The first kappa shape index (κ1) is 6.71. The van der Waals surface area contributed by atoms with E-state index in [1.165, 1.54) is 24.8 Å². The van der Waals surface area contributed by atoms with Gasteiger partial charge in [0.1, 0.15) is 0 Å². The van der Waals surface area contributed by atoms with Crippen molar-refractivity contribution in [1.82, 2.24) is 0 Å². The molecule has 0 aromatic heterocycles. The highest BCUT2D eigenvalue weighted by Crippen LogP contribution is 2.36. The Labute approximate surface area is 67.2 Å². The Bertz CT molecular complexity index is 234. The normalized spacial score (nSPS) is 17.8. The van der Waals surface area contributed by atoms with E-state index in [4.69, 9.17) is 5.73 Å². The van der Waals surface area contributed by atoms with Crippen LogP contribution in [-0.2, 0) is 0 Å². The molecule has 58 valence electrons. The molecule has 2 N–H and O–H groups in total. The number of benzene rings is 1. The van der Waals surface area contributed by atoms with Crippen LogP contribution in [0.25, 0.3) is 0 Å². The van der Waals surface area contributed by atoms with Crippen LogP contribution in [0.15, 0.2) is 24.3 Å². The zero-order valence-corrected chi connectivity index (χ0v) is 6.59. The molecule has 1 aliphatic carbocycles. The molecular formula is C10H13N. The fraction of sp³-hybridized carbons (Fsp3) is 0.400. The minimum Gasteiger partial charge on any atom is -0.399 e. The van der Waals surface area contributed by atoms with Crippen molar-refractivity contribution in [1.29, 1.82) is 0 Å². The number of anilines is 1. The third-order valence-electron chi connectivity index (χ3n) is 2.51. The lowest BCUT2D eigenvalue weighted by Crippen LogP contribution is -2.08. The summed E-state index contributed by atoms with van der Waals surface area (Å²) in [6.07, 6.45) is 4.13. The quantitative estimate of drug-likeness (QED) is 0.607. The van der Waals surface area contributed by atoms with Crippen LogP contribution >= 0.6 is 0 Å². The van der Waals surface area contributed by atoms with Crippen LogP contribution in [0.2, 0.25) is 0 Å². The van der Waals surface area contributed by atoms with E-state index in [-0.39, 0.29) is 0 Å². The molecule has 0 radical (unpaired) electrons. The third kappa shape index (κ3) is 1.23. The molecule has 2 rings (SSSR count). The summed E-state index contributed by atoms with van der Waals surface area (Å²) in [6, 6.07) is 8.29. The molecule has 0 heterocycles. The minimum absolute atomic E-state index is 0.829. The molecule has 0 amide bonds. The standard InChI is InChI=1S/C10H13N/c11-10-6-4-9(5-7-10)8-2-1-3-8/h4-8H,1-3,11H2. The number of hydrogen-bond acceptors (Lipinski definition) is 1.